The van der Waals surface area contributed by atoms with Crippen molar-refractivity contribution in [2.24, 2.45) is 11.8 Å². The Bertz CT molecular complexity index is 820. The number of amides is 2. The van der Waals surface area contributed by atoms with E-state index in [2.05, 4.69) is 6.58 Å². The first kappa shape index (κ1) is 18.8. The standard InChI is InChI=1S/C20H23N3O4/c1-4-21(12-13(2)3)17-10-9-14(11-18(17)23(26)27)22-19(24)15-7-5-6-8-16(15)20(22)25/h5-6,9-11,15-16H,2,4,7-8,12H2,1,3H3. The van der Waals surface area contributed by atoms with Gasteiger partial charge in [-0.15, -0.1) is 0 Å². The molecule has 2 aliphatic rings. The Balaban J connectivity index is 1.99. The van der Waals surface area contributed by atoms with Crippen LogP contribution in [-0.2, 0) is 9.59 Å². The fourth-order valence-electron chi connectivity index (χ4n) is 3.81. The summed E-state index contributed by atoms with van der Waals surface area (Å²) in [7, 11) is 0. The van der Waals surface area contributed by atoms with E-state index in [1.54, 1.807) is 12.1 Å². The van der Waals surface area contributed by atoms with Gasteiger partial charge in [0, 0.05) is 19.2 Å². The number of nitro groups is 1. The summed E-state index contributed by atoms with van der Waals surface area (Å²) < 4.78 is 0. The van der Waals surface area contributed by atoms with Crippen LogP contribution in [0.4, 0.5) is 17.1 Å². The number of nitro benzene ring substituents is 1. The van der Waals surface area contributed by atoms with Gasteiger partial charge in [-0.25, -0.2) is 4.90 Å². The van der Waals surface area contributed by atoms with Crippen LogP contribution < -0.4 is 9.80 Å². The molecule has 3 rings (SSSR count). The predicted octanol–water partition coefficient (Wildman–Crippen LogP) is 3.45. The zero-order valence-corrected chi connectivity index (χ0v) is 15.6. The Morgan fingerprint density at radius 2 is 1.85 bits per heavy atom. The largest absolute Gasteiger partial charge is 0.362 e. The van der Waals surface area contributed by atoms with Crippen molar-refractivity contribution in [3.8, 4) is 0 Å². The number of hydrogen-bond acceptors (Lipinski definition) is 5. The Morgan fingerprint density at radius 3 is 2.33 bits per heavy atom. The third-order valence-corrected chi connectivity index (χ3v) is 5.10. The van der Waals surface area contributed by atoms with Crippen LogP contribution in [0.2, 0.25) is 0 Å². The SMILES string of the molecule is C=C(C)CN(CC)c1ccc(N2C(=O)C3CC=CCC3C2=O)cc1[N+](=O)[O-]. The monoisotopic (exact) mass is 369 g/mol. The lowest BCUT2D eigenvalue weighted by atomic mass is 9.85. The highest BCUT2D eigenvalue weighted by molar-refractivity contribution is 6.22. The molecule has 0 aromatic heterocycles. The molecular weight excluding hydrogens is 346 g/mol. The van der Waals surface area contributed by atoms with Crippen molar-refractivity contribution >= 4 is 28.9 Å². The van der Waals surface area contributed by atoms with Crippen LogP contribution in [0.5, 0.6) is 0 Å². The summed E-state index contributed by atoms with van der Waals surface area (Å²) >= 11 is 0. The third-order valence-electron chi connectivity index (χ3n) is 5.10. The van der Waals surface area contributed by atoms with Crippen LogP contribution in [-0.4, -0.2) is 29.8 Å². The van der Waals surface area contributed by atoms with Crippen LogP contribution in [0.1, 0.15) is 26.7 Å². The van der Waals surface area contributed by atoms with Crippen molar-refractivity contribution in [1.29, 1.82) is 0 Å². The normalized spacial score (nSPS) is 21.3. The zero-order valence-electron chi connectivity index (χ0n) is 15.6. The lowest BCUT2D eigenvalue weighted by Gasteiger charge is -2.24. The summed E-state index contributed by atoms with van der Waals surface area (Å²) in [6.07, 6.45) is 4.90. The Labute approximate surface area is 158 Å². The fraction of sp³-hybridized carbons (Fsp3) is 0.400. The second kappa shape index (κ2) is 7.34. The van der Waals surface area contributed by atoms with E-state index < -0.39 is 4.92 Å². The van der Waals surface area contributed by atoms with Crippen LogP contribution in [0, 0.1) is 22.0 Å². The maximum atomic E-state index is 12.7. The van der Waals surface area contributed by atoms with Crippen LogP contribution >= 0.6 is 0 Å². The van der Waals surface area contributed by atoms with Gasteiger partial charge in [0.25, 0.3) is 5.69 Å². The zero-order chi connectivity index (χ0) is 19.7. The minimum Gasteiger partial charge on any atom is -0.362 e. The molecule has 0 saturated carbocycles. The van der Waals surface area contributed by atoms with Crippen molar-refractivity contribution < 1.29 is 14.5 Å². The van der Waals surface area contributed by atoms with Gasteiger partial charge < -0.3 is 4.90 Å². The predicted molar refractivity (Wildman–Crippen MR) is 104 cm³/mol. The molecule has 0 radical (unpaired) electrons. The molecule has 2 amide bonds. The summed E-state index contributed by atoms with van der Waals surface area (Å²) in [5.41, 5.74) is 1.48. The van der Waals surface area contributed by atoms with E-state index in [1.807, 2.05) is 30.9 Å². The average molecular weight is 369 g/mol. The first-order valence-corrected chi connectivity index (χ1v) is 9.05. The molecule has 1 aliphatic heterocycles. The van der Waals surface area contributed by atoms with Gasteiger partial charge in [-0.1, -0.05) is 24.3 Å². The summed E-state index contributed by atoms with van der Waals surface area (Å²) in [6.45, 7) is 8.71. The maximum absolute atomic E-state index is 12.7. The van der Waals surface area contributed by atoms with Gasteiger partial charge in [0.05, 0.1) is 22.4 Å². The lowest BCUT2D eigenvalue weighted by Crippen LogP contribution is -2.31. The molecule has 142 valence electrons. The highest BCUT2D eigenvalue weighted by Gasteiger charge is 2.48. The van der Waals surface area contributed by atoms with Crippen molar-refractivity contribution in [1.82, 2.24) is 0 Å². The highest BCUT2D eigenvalue weighted by atomic mass is 16.6. The number of benzene rings is 1. The molecule has 0 spiro atoms. The average Bonchev–Trinajstić information content (AvgIpc) is 2.90. The lowest BCUT2D eigenvalue weighted by molar-refractivity contribution is -0.384. The van der Waals surface area contributed by atoms with E-state index in [0.717, 1.165) is 10.5 Å². The minimum atomic E-state index is -0.473. The first-order valence-electron chi connectivity index (χ1n) is 9.05. The van der Waals surface area contributed by atoms with Gasteiger partial charge in [0.2, 0.25) is 11.8 Å². The molecule has 1 heterocycles. The molecule has 1 aromatic carbocycles. The second-order valence-corrected chi connectivity index (χ2v) is 7.07. The van der Waals surface area contributed by atoms with Crippen LogP contribution in [0.25, 0.3) is 0 Å². The van der Waals surface area contributed by atoms with Crippen LogP contribution in [0.3, 0.4) is 0 Å². The van der Waals surface area contributed by atoms with E-state index in [-0.39, 0.29) is 35.0 Å². The Kier molecular flexibility index (Phi) is 5.12. The second-order valence-electron chi connectivity index (χ2n) is 7.07. The number of anilines is 2. The summed E-state index contributed by atoms with van der Waals surface area (Å²) in [5.74, 6) is -1.27. The van der Waals surface area contributed by atoms with Gasteiger partial charge in [0.15, 0.2) is 0 Å². The molecule has 7 heteroatoms. The molecule has 2 unspecified atom stereocenters. The number of fused-ring (bicyclic) bond motifs is 1. The topological polar surface area (TPSA) is 83.8 Å². The van der Waals surface area contributed by atoms with Gasteiger partial charge in [0.1, 0.15) is 5.69 Å². The molecule has 0 N–H and O–H groups in total. The number of allylic oxidation sites excluding steroid dienone is 2. The van der Waals surface area contributed by atoms with Crippen molar-refractivity contribution in [2.75, 3.05) is 22.9 Å². The number of likely N-dealkylation sites (N-methyl/N-ethyl adjacent to an activating group) is 1. The molecule has 2 atom stereocenters. The van der Waals surface area contributed by atoms with E-state index in [9.17, 15) is 19.7 Å². The van der Waals surface area contributed by atoms with Crippen molar-refractivity contribution in [3.05, 3.63) is 52.6 Å². The van der Waals surface area contributed by atoms with E-state index in [0.29, 0.717) is 31.6 Å². The fourth-order valence-corrected chi connectivity index (χ4v) is 3.81. The highest BCUT2D eigenvalue weighted by Crippen LogP contribution is 2.40. The maximum Gasteiger partial charge on any atom is 0.294 e. The molecule has 7 nitrogen and oxygen atoms in total. The van der Waals surface area contributed by atoms with Crippen molar-refractivity contribution in [3.63, 3.8) is 0 Å². The van der Waals surface area contributed by atoms with Crippen molar-refractivity contribution in [2.45, 2.75) is 26.7 Å². The number of rotatable bonds is 6. The summed E-state index contributed by atoms with van der Waals surface area (Å²) in [6, 6.07) is 4.56. The number of hydrogen-bond donors (Lipinski definition) is 0. The minimum absolute atomic E-state index is 0.121. The Hall–Kier alpha value is -2.96. The van der Waals surface area contributed by atoms with E-state index in [4.69, 9.17) is 0 Å². The van der Waals surface area contributed by atoms with Crippen LogP contribution in [0.15, 0.2) is 42.5 Å². The van der Waals surface area contributed by atoms with Gasteiger partial charge in [-0.3, -0.25) is 19.7 Å². The molecule has 1 fully saturated rings. The molecule has 1 saturated heterocycles. The summed E-state index contributed by atoms with van der Waals surface area (Å²) in [5, 5.41) is 11.7. The summed E-state index contributed by atoms with van der Waals surface area (Å²) in [4.78, 5) is 39.6. The quantitative estimate of drug-likeness (QED) is 0.332. The molecule has 1 aromatic rings. The van der Waals surface area contributed by atoms with Gasteiger partial charge in [-0.05, 0) is 38.8 Å². The molecule has 27 heavy (non-hydrogen) atoms. The molecule has 0 bridgehead atoms. The van der Waals surface area contributed by atoms with Gasteiger partial charge in [-0.2, -0.15) is 0 Å². The first-order chi connectivity index (χ1) is 12.8. The number of carbonyl (C=O) groups excluding carboxylic acids is 2. The van der Waals surface area contributed by atoms with Gasteiger partial charge >= 0.3 is 0 Å². The smallest absolute Gasteiger partial charge is 0.294 e. The Morgan fingerprint density at radius 1 is 1.26 bits per heavy atom. The number of imide groups is 1. The number of carbonyl (C=O) groups is 2. The van der Waals surface area contributed by atoms with E-state index >= 15 is 0 Å². The third kappa shape index (κ3) is 3.37. The molecule has 1 aliphatic carbocycles. The van der Waals surface area contributed by atoms with E-state index in [1.165, 1.54) is 6.07 Å². The number of nitrogens with zero attached hydrogens (tertiary/aromatic N) is 3. The molecular formula is C20H23N3O4.